The molecule has 0 saturated heterocycles. The molecule has 0 bridgehead atoms. The number of hydrogen-bond donors (Lipinski definition) is 1. The summed E-state index contributed by atoms with van der Waals surface area (Å²) in [5.41, 5.74) is 1.53. The lowest BCUT2D eigenvalue weighted by molar-refractivity contribution is 0.0546. The molecule has 0 unspecified atom stereocenters. The average molecular weight is 415 g/mol. The van der Waals surface area contributed by atoms with Gasteiger partial charge >= 0.3 is 0 Å². The molecule has 0 aliphatic carbocycles. The van der Waals surface area contributed by atoms with E-state index in [-0.39, 0.29) is 23.4 Å². The van der Waals surface area contributed by atoms with Crippen molar-refractivity contribution in [2.24, 2.45) is 0 Å². The lowest BCUT2D eigenvalue weighted by Gasteiger charge is -2.31. The molecule has 0 radical (unpaired) electrons. The van der Waals surface area contributed by atoms with Gasteiger partial charge in [0.1, 0.15) is 0 Å². The van der Waals surface area contributed by atoms with Crippen molar-refractivity contribution < 1.29 is 17.9 Å². The zero-order valence-electron chi connectivity index (χ0n) is 16.7. The monoisotopic (exact) mass is 414 g/mol. The van der Waals surface area contributed by atoms with Gasteiger partial charge in [0.15, 0.2) is 0 Å². The quantitative estimate of drug-likeness (QED) is 0.606. The number of terminal acetylenes is 1. The molecule has 1 atom stereocenters. The van der Waals surface area contributed by atoms with E-state index in [1.165, 1.54) is 24.3 Å². The number of benzene rings is 2. The zero-order valence-corrected chi connectivity index (χ0v) is 17.5. The Morgan fingerprint density at radius 1 is 1.17 bits per heavy atom. The molecule has 0 fully saturated rings. The van der Waals surface area contributed by atoms with Crippen LogP contribution in [0.2, 0.25) is 0 Å². The molecule has 0 aliphatic heterocycles. The Kier molecular flexibility index (Phi) is 8.40. The van der Waals surface area contributed by atoms with Crippen molar-refractivity contribution in [2.45, 2.75) is 24.3 Å². The largest absolute Gasteiger partial charge is 0.383 e. The van der Waals surface area contributed by atoms with Crippen LogP contribution in [0.5, 0.6) is 0 Å². The van der Waals surface area contributed by atoms with Gasteiger partial charge in [0.25, 0.3) is 5.91 Å². The first kappa shape index (κ1) is 22.6. The fourth-order valence-electron chi connectivity index (χ4n) is 3.07. The molecule has 0 spiro atoms. The van der Waals surface area contributed by atoms with Crippen LogP contribution in [0.15, 0.2) is 59.5 Å². The highest BCUT2D eigenvalue weighted by atomic mass is 32.2. The first-order valence-corrected chi connectivity index (χ1v) is 10.8. The number of amides is 1. The summed E-state index contributed by atoms with van der Waals surface area (Å²) in [4.78, 5) is 14.9. The Labute approximate surface area is 172 Å². The SMILES string of the molecule is C#CCNS(=O)(=O)c1ccc(C(=O)N(CC)[C@H](COC)Cc2ccccc2)cc1. The van der Waals surface area contributed by atoms with Gasteiger partial charge < -0.3 is 9.64 Å². The van der Waals surface area contributed by atoms with Gasteiger partial charge in [-0.3, -0.25) is 4.79 Å². The maximum Gasteiger partial charge on any atom is 0.254 e. The van der Waals surface area contributed by atoms with E-state index < -0.39 is 10.0 Å². The van der Waals surface area contributed by atoms with Gasteiger partial charge in [-0.15, -0.1) is 6.42 Å². The number of nitrogens with zero attached hydrogens (tertiary/aromatic N) is 1. The maximum absolute atomic E-state index is 13.1. The molecule has 6 nitrogen and oxygen atoms in total. The van der Waals surface area contributed by atoms with E-state index in [1.807, 2.05) is 37.3 Å². The van der Waals surface area contributed by atoms with Crippen LogP contribution < -0.4 is 4.72 Å². The molecule has 2 aromatic rings. The number of rotatable bonds is 10. The van der Waals surface area contributed by atoms with Gasteiger partial charge in [-0.05, 0) is 43.2 Å². The highest BCUT2D eigenvalue weighted by molar-refractivity contribution is 7.89. The lowest BCUT2D eigenvalue weighted by Crippen LogP contribution is -2.44. The molecule has 2 rings (SSSR count). The van der Waals surface area contributed by atoms with Crippen LogP contribution in [0, 0.1) is 12.3 Å². The number of methoxy groups -OCH3 is 1. The lowest BCUT2D eigenvalue weighted by atomic mass is 10.0. The molecular weight excluding hydrogens is 388 g/mol. The summed E-state index contributed by atoms with van der Waals surface area (Å²) in [5.74, 6) is 2.05. The molecule has 154 valence electrons. The van der Waals surface area contributed by atoms with Crippen LogP contribution in [0.4, 0.5) is 0 Å². The molecule has 2 aromatic carbocycles. The minimum absolute atomic E-state index is 0.0603. The standard InChI is InChI=1S/C22H26N2O4S/c1-4-15-23-29(26,27)21-13-11-19(12-14-21)22(25)24(5-2)20(17-28-3)16-18-9-7-6-8-10-18/h1,6-14,20,23H,5,15-17H2,2-3H3/t20-/m0/s1. The summed E-state index contributed by atoms with van der Waals surface area (Å²) >= 11 is 0. The number of hydrogen-bond acceptors (Lipinski definition) is 4. The zero-order chi connectivity index (χ0) is 21.3. The van der Waals surface area contributed by atoms with Crippen LogP contribution in [0.3, 0.4) is 0 Å². The van der Waals surface area contributed by atoms with Crippen LogP contribution >= 0.6 is 0 Å². The molecule has 1 N–H and O–H groups in total. The van der Waals surface area contributed by atoms with E-state index >= 15 is 0 Å². The minimum Gasteiger partial charge on any atom is -0.383 e. The van der Waals surface area contributed by atoms with E-state index in [2.05, 4.69) is 10.6 Å². The summed E-state index contributed by atoms with van der Waals surface area (Å²) in [7, 11) is -2.08. The summed E-state index contributed by atoms with van der Waals surface area (Å²) in [5, 5.41) is 0. The molecule has 0 saturated carbocycles. The Morgan fingerprint density at radius 3 is 2.38 bits per heavy atom. The maximum atomic E-state index is 13.1. The first-order chi connectivity index (χ1) is 13.9. The van der Waals surface area contributed by atoms with Crippen LogP contribution in [-0.4, -0.2) is 52.1 Å². The number of nitrogens with one attached hydrogen (secondary N) is 1. The van der Waals surface area contributed by atoms with Crippen molar-refractivity contribution in [1.82, 2.24) is 9.62 Å². The molecule has 7 heteroatoms. The number of likely N-dealkylation sites (N-methyl/N-ethyl adjacent to an activating group) is 1. The molecular formula is C22H26N2O4S. The second-order valence-corrected chi connectivity index (χ2v) is 8.21. The predicted molar refractivity (Wildman–Crippen MR) is 113 cm³/mol. The van der Waals surface area contributed by atoms with Gasteiger partial charge in [-0.2, -0.15) is 4.72 Å². The Morgan fingerprint density at radius 2 is 1.83 bits per heavy atom. The van der Waals surface area contributed by atoms with Crippen molar-refractivity contribution in [1.29, 1.82) is 0 Å². The number of ether oxygens (including phenoxy) is 1. The molecule has 0 aromatic heterocycles. The van der Waals surface area contributed by atoms with Crippen molar-refractivity contribution in [3.05, 3.63) is 65.7 Å². The summed E-state index contributed by atoms with van der Waals surface area (Å²) < 4.78 is 31.9. The summed E-state index contributed by atoms with van der Waals surface area (Å²) in [6, 6.07) is 15.6. The summed E-state index contributed by atoms with van der Waals surface area (Å²) in [6.45, 7) is 2.72. The Bertz CT molecular complexity index is 935. The number of sulfonamides is 1. The van der Waals surface area contributed by atoms with Crippen LogP contribution in [0.1, 0.15) is 22.8 Å². The second kappa shape index (κ2) is 10.8. The topological polar surface area (TPSA) is 75.7 Å². The number of carbonyl (C=O) groups excluding carboxylic acids is 1. The third-order valence-electron chi connectivity index (χ3n) is 4.49. The van der Waals surface area contributed by atoms with Gasteiger partial charge in [0.05, 0.1) is 24.1 Å². The third-order valence-corrected chi connectivity index (χ3v) is 5.91. The second-order valence-electron chi connectivity index (χ2n) is 6.44. The van der Waals surface area contributed by atoms with Gasteiger partial charge in [-0.1, -0.05) is 36.3 Å². The van der Waals surface area contributed by atoms with Crippen LogP contribution in [-0.2, 0) is 21.2 Å². The average Bonchev–Trinajstić information content (AvgIpc) is 2.73. The fourth-order valence-corrected chi connectivity index (χ4v) is 4.00. The number of carbonyl (C=O) groups is 1. The third kappa shape index (κ3) is 6.16. The first-order valence-electron chi connectivity index (χ1n) is 9.30. The molecule has 29 heavy (non-hydrogen) atoms. The van der Waals surface area contributed by atoms with Crippen molar-refractivity contribution in [2.75, 3.05) is 26.8 Å². The Balaban J connectivity index is 2.21. The fraction of sp³-hybridized carbons (Fsp3) is 0.318. The van der Waals surface area contributed by atoms with Gasteiger partial charge in [-0.25, -0.2) is 8.42 Å². The van der Waals surface area contributed by atoms with Crippen molar-refractivity contribution in [3.63, 3.8) is 0 Å². The van der Waals surface area contributed by atoms with E-state index in [0.717, 1.165) is 5.56 Å². The summed E-state index contributed by atoms with van der Waals surface area (Å²) in [6.07, 6.45) is 5.76. The molecule has 0 heterocycles. The normalized spacial score (nSPS) is 12.2. The van der Waals surface area contributed by atoms with E-state index in [0.29, 0.717) is 25.1 Å². The van der Waals surface area contributed by atoms with Crippen molar-refractivity contribution in [3.8, 4) is 12.3 Å². The van der Waals surface area contributed by atoms with Crippen LogP contribution in [0.25, 0.3) is 0 Å². The smallest absolute Gasteiger partial charge is 0.254 e. The molecule has 1 amide bonds. The van der Waals surface area contributed by atoms with Gasteiger partial charge in [0.2, 0.25) is 10.0 Å². The van der Waals surface area contributed by atoms with E-state index in [4.69, 9.17) is 11.2 Å². The van der Waals surface area contributed by atoms with Crippen molar-refractivity contribution >= 4 is 15.9 Å². The highest BCUT2D eigenvalue weighted by Gasteiger charge is 2.24. The highest BCUT2D eigenvalue weighted by Crippen LogP contribution is 2.16. The van der Waals surface area contributed by atoms with E-state index in [9.17, 15) is 13.2 Å². The molecule has 0 aliphatic rings. The minimum atomic E-state index is -3.69. The van der Waals surface area contributed by atoms with Gasteiger partial charge in [0, 0.05) is 19.2 Å². The predicted octanol–water partition coefficient (Wildman–Crippen LogP) is 2.32. The van der Waals surface area contributed by atoms with E-state index in [1.54, 1.807) is 12.0 Å². The Hall–Kier alpha value is -2.66.